The number of likely N-dealkylation sites (tertiary alicyclic amines) is 1. The lowest BCUT2D eigenvalue weighted by atomic mass is 9.93. The lowest BCUT2D eigenvalue weighted by Crippen LogP contribution is -2.33. The van der Waals surface area contributed by atoms with Gasteiger partial charge in [0.05, 0.1) is 0 Å². The van der Waals surface area contributed by atoms with Gasteiger partial charge in [0.25, 0.3) is 0 Å². The Morgan fingerprint density at radius 1 is 1.54 bits per heavy atom. The maximum Gasteiger partial charge on any atom is 0.248 e. The Labute approximate surface area is 80.1 Å². The van der Waals surface area contributed by atoms with Crippen LogP contribution < -0.4 is 0 Å². The summed E-state index contributed by atoms with van der Waals surface area (Å²) in [6.45, 7) is 8.91. The Morgan fingerprint density at radius 2 is 2.23 bits per heavy atom. The van der Waals surface area contributed by atoms with E-state index in [1.54, 1.807) is 0 Å². The molecule has 1 amide bonds. The predicted octanol–water partition coefficient (Wildman–Crippen LogP) is 1.28. The Hall–Kier alpha value is -0.570. The van der Waals surface area contributed by atoms with Gasteiger partial charge in [-0.05, 0) is 18.8 Å². The quantitative estimate of drug-likeness (QED) is 0.663. The fraction of sp³-hybridized carbons (Fsp3) is 0.900. The largest absolute Gasteiger partial charge is 0.372 e. The van der Waals surface area contributed by atoms with Crippen LogP contribution in [0.5, 0.6) is 0 Å². The van der Waals surface area contributed by atoms with Crippen molar-refractivity contribution in [1.82, 2.24) is 4.90 Å². The Kier molecular flexibility index (Phi) is 3.31. The fourth-order valence-corrected chi connectivity index (χ4v) is 1.61. The molecule has 0 aliphatic carbocycles. The smallest absolute Gasteiger partial charge is 0.248 e. The molecule has 0 aromatic heterocycles. The highest BCUT2D eigenvalue weighted by atomic mass is 16.5. The number of hydrogen-bond donors (Lipinski definition) is 0. The molecule has 0 N–H and O–H groups in total. The monoisotopic (exact) mass is 185 g/mol. The molecule has 3 nitrogen and oxygen atoms in total. The summed E-state index contributed by atoms with van der Waals surface area (Å²) in [5, 5.41) is 0. The van der Waals surface area contributed by atoms with Gasteiger partial charge in [0.15, 0.2) is 0 Å². The van der Waals surface area contributed by atoms with Crippen LogP contribution in [-0.4, -0.2) is 37.1 Å². The van der Waals surface area contributed by atoms with Gasteiger partial charge in [-0.3, -0.25) is 4.79 Å². The summed E-state index contributed by atoms with van der Waals surface area (Å²) in [6, 6.07) is 0. The van der Waals surface area contributed by atoms with Crippen LogP contribution >= 0.6 is 0 Å². The molecule has 1 fully saturated rings. The topological polar surface area (TPSA) is 29.5 Å². The minimum Gasteiger partial charge on any atom is -0.372 e. The summed E-state index contributed by atoms with van der Waals surface area (Å²) in [6.07, 6.45) is 1.10. The van der Waals surface area contributed by atoms with Crippen LogP contribution in [0.1, 0.15) is 27.2 Å². The van der Waals surface area contributed by atoms with Crippen LogP contribution in [-0.2, 0) is 9.53 Å². The predicted molar refractivity (Wildman–Crippen MR) is 51.5 cm³/mol. The number of ether oxygens (including phenoxy) is 1. The standard InChI is InChI=1S/C10H19NO2/c1-4-13-7-9(12)11-6-5-10(2,3)8-11/h4-8H2,1-3H3. The second-order valence-corrected chi connectivity index (χ2v) is 4.37. The molecular formula is C10H19NO2. The average molecular weight is 185 g/mol. The summed E-state index contributed by atoms with van der Waals surface area (Å²) >= 11 is 0. The van der Waals surface area contributed by atoms with Gasteiger partial charge < -0.3 is 9.64 Å². The van der Waals surface area contributed by atoms with E-state index < -0.39 is 0 Å². The maximum absolute atomic E-state index is 11.5. The van der Waals surface area contributed by atoms with Crippen molar-refractivity contribution in [1.29, 1.82) is 0 Å². The van der Waals surface area contributed by atoms with E-state index in [0.29, 0.717) is 12.0 Å². The molecule has 1 aliphatic rings. The molecule has 76 valence electrons. The number of carbonyl (C=O) groups excluding carboxylic acids is 1. The van der Waals surface area contributed by atoms with Gasteiger partial charge in [-0.25, -0.2) is 0 Å². The van der Waals surface area contributed by atoms with E-state index in [1.807, 2.05) is 11.8 Å². The minimum absolute atomic E-state index is 0.132. The molecule has 1 saturated heterocycles. The van der Waals surface area contributed by atoms with Crippen molar-refractivity contribution in [3.63, 3.8) is 0 Å². The van der Waals surface area contributed by atoms with Crippen molar-refractivity contribution in [3.05, 3.63) is 0 Å². The highest BCUT2D eigenvalue weighted by molar-refractivity contribution is 5.77. The third kappa shape index (κ3) is 2.99. The summed E-state index contributed by atoms with van der Waals surface area (Å²) in [4.78, 5) is 13.4. The molecule has 0 radical (unpaired) electrons. The van der Waals surface area contributed by atoms with Gasteiger partial charge in [0.1, 0.15) is 6.61 Å². The number of amides is 1. The molecule has 0 aromatic carbocycles. The van der Waals surface area contributed by atoms with Crippen LogP contribution in [0.25, 0.3) is 0 Å². The Morgan fingerprint density at radius 3 is 2.69 bits per heavy atom. The SMILES string of the molecule is CCOCC(=O)N1CCC(C)(C)C1. The zero-order chi connectivity index (χ0) is 9.90. The number of carbonyl (C=O) groups is 1. The summed E-state index contributed by atoms with van der Waals surface area (Å²) in [7, 11) is 0. The highest BCUT2D eigenvalue weighted by Gasteiger charge is 2.31. The van der Waals surface area contributed by atoms with Crippen LogP contribution in [0.15, 0.2) is 0 Å². The maximum atomic E-state index is 11.5. The first kappa shape index (κ1) is 10.5. The summed E-state index contributed by atoms with van der Waals surface area (Å²) in [5.74, 6) is 0.132. The molecule has 0 saturated carbocycles. The van der Waals surface area contributed by atoms with E-state index in [1.165, 1.54) is 0 Å². The normalized spacial score (nSPS) is 20.7. The van der Waals surface area contributed by atoms with Crippen LogP contribution in [0, 0.1) is 5.41 Å². The van der Waals surface area contributed by atoms with E-state index >= 15 is 0 Å². The number of hydrogen-bond acceptors (Lipinski definition) is 2. The summed E-state index contributed by atoms with van der Waals surface area (Å²) < 4.78 is 5.08. The zero-order valence-corrected chi connectivity index (χ0v) is 8.80. The van der Waals surface area contributed by atoms with Crippen molar-refractivity contribution in [2.24, 2.45) is 5.41 Å². The van der Waals surface area contributed by atoms with Crippen molar-refractivity contribution >= 4 is 5.91 Å². The molecule has 0 aromatic rings. The molecule has 3 heteroatoms. The molecule has 1 rings (SSSR count). The van der Waals surface area contributed by atoms with E-state index in [4.69, 9.17) is 4.74 Å². The van der Waals surface area contributed by atoms with Crippen LogP contribution in [0.2, 0.25) is 0 Å². The van der Waals surface area contributed by atoms with Gasteiger partial charge in [0.2, 0.25) is 5.91 Å². The summed E-state index contributed by atoms with van der Waals surface area (Å²) in [5.41, 5.74) is 0.294. The van der Waals surface area contributed by atoms with E-state index in [0.717, 1.165) is 19.5 Å². The van der Waals surface area contributed by atoms with Gasteiger partial charge in [-0.2, -0.15) is 0 Å². The second kappa shape index (κ2) is 4.09. The lowest BCUT2D eigenvalue weighted by molar-refractivity contribution is -0.135. The Bertz CT molecular complexity index is 189. The molecule has 1 heterocycles. The van der Waals surface area contributed by atoms with E-state index in [9.17, 15) is 4.79 Å². The lowest BCUT2D eigenvalue weighted by Gasteiger charge is -2.19. The van der Waals surface area contributed by atoms with Crippen LogP contribution in [0.3, 0.4) is 0 Å². The second-order valence-electron chi connectivity index (χ2n) is 4.37. The third-order valence-electron chi connectivity index (χ3n) is 2.46. The first-order valence-electron chi connectivity index (χ1n) is 4.91. The van der Waals surface area contributed by atoms with Crippen molar-refractivity contribution < 1.29 is 9.53 Å². The van der Waals surface area contributed by atoms with Crippen molar-refractivity contribution in [2.45, 2.75) is 27.2 Å². The average Bonchev–Trinajstić information content (AvgIpc) is 2.42. The minimum atomic E-state index is 0.132. The number of rotatable bonds is 3. The van der Waals surface area contributed by atoms with Gasteiger partial charge in [-0.1, -0.05) is 13.8 Å². The van der Waals surface area contributed by atoms with Crippen molar-refractivity contribution in [3.8, 4) is 0 Å². The highest BCUT2D eigenvalue weighted by Crippen LogP contribution is 2.28. The molecule has 1 aliphatic heterocycles. The molecule has 0 atom stereocenters. The molecular weight excluding hydrogens is 166 g/mol. The Balaban J connectivity index is 2.33. The fourth-order valence-electron chi connectivity index (χ4n) is 1.61. The molecule has 0 bridgehead atoms. The van der Waals surface area contributed by atoms with Gasteiger partial charge in [0, 0.05) is 19.7 Å². The van der Waals surface area contributed by atoms with Gasteiger partial charge >= 0.3 is 0 Å². The molecule has 0 unspecified atom stereocenters. The first-order chi connectivity index (χ1) is 6.05. The van der Waals surface area contributed by atoms with Crippen LogP contribution in [0.4, 0.5) is 0 Å². The van der Waals surface area contributed by atoms with E-state index in [2.05, 4.69) is 13.8 Å². The third-order valence-corrected chi connectivity index (χ3v) is 2.46. The molecule has 13 heavy (non-hydrogen) atoms. The first-order valence-corrected chi connectivity index (χ1v) is 4.91. The zero-order valence-electron chi connectivity index (χ0n) is 8.80. The van der Waals surface area contributed by atoms with Gasteiger partial charge in [-0.15, -0.1) is 0 Å². The van der Waals surface area contributed by atoms with Crippen molar-refractivity contribution in [2.75, 3.05) is 26.3 Å². The number of nitrogens with zero attached hydrogens (tertiary/aromatic N) is 1. The van der Waals surface area contributed by atoms with E-state index in [-0.39, 0.29) is 12.5 Å². The molecule has 0 spiro atoms.